The standard InChI is InChI=1S/C20H28N6O2/c1-20(2,3)25-19(27)22-9-7-16-24-15-11-23-18-14(6-8-21-18)17(15)26(16)13-5-4-10-28-12-13/h6,8,11,13H,4-5,7,9-10,12H2,1-3H3,(H,21,23)(H2,22,25,27). The van der Waals surface area contributed by atoms with Gasteiger partial charge in [0.25, 0.3) is 0 Å². The molecule has 3 aromatic rings. The Labute approximate surface area is 164 Å². The summed E-state index contributed by atoms with van der Waals surface area (Å²) in [5.74, 6) is 0.956. The fourth-order valence-corrected chi connectivity index (χ4v) is 3.81. The molecular formula is C20H28N6O2. The Balaban J connectivity index is 1.62. The molecule has 1 aliphatic rings. The van der Waals surface area contributed by atoms with E-state index >= 15 is 0 Å². The van der Waals surface area contributed by atoms with Crippen molar-refractivity contribution in [3.05, 3.63) is 24.3 Å². The lowest BCUT2D eigenvalue weighted by Crippen LogP contribution is -2.46. The van der Waals surface area contributed by atoms with Crippen LogP contribution in [0.3, 0.4) is 0 Å². The van der Waals surface area contributed by atoms with Crippen LogP contribution in [0.1, 0.15) is 45.5 Å². The number of nitrogens with zero attached hydrogens (tertiary/aromatic N) is 3. The van der Waals surface area contributed by atoms with Gasteiger partial charge in [-0.2, -0.15) is 0 Å². The summed E-state index contributed by atoms with van der Waals surface area (Å²) in [5, 5.41) is 6.93. The van der Waals surface area contributed by atoms with E-state index in [2.05, 4.69) is 25.2 Å². The number of amides is 2. The molecule has 1 aliphatic heterocycles. The lowest BCUT2D eigenvalue weighted by Gasteiger charge is -2.26. The first-order valence-electron chi connectivity index (χ1n) is 9.89. The molecule has 1 unspecified atom stereocenters. The van der Waals surface area contributed by atoms with Gasteiger partial charge in [0.2, 0.25) is 0 Å². The highest BCUT2D eigenvalue weighted by Crippen LogP contribution is 2.31. The van der Waals surface area contributed by atoms with Crippen molar-refractivity contribution < 1.29 is 9.53 Å². The van der Waals surface area contributed by atoms with Crippen LogP contribution in [0.2, 0.25) is 0 Å². The van der Waals surface area contributed by atoms with Crippen molar-refractivity contribution >= 4 is 28.1 Å². The number of carbonyl (C=O) groups is 1. The quantitative estimate of drug-likeness (QED) is 0.644. The van der Waals surface area contributed by atoms with Crippen molar-refractivity contribution in [3.63, 3.8) is 0 Å². The van der Waals surface area contributed by atoms with E-state index in [0.29, 0.717) is 19.6 Å². The Kier molecular flexibility index (Phi) is 4.97. The number of urea groups is 1. The molecule has 0 aromatic carbocycles. The molecule has 2 amide bonds. The number of aromatic nitrogens is 4. The molecule has 1 atom stereocenters. The number of aromatic amines is 1. The van der Waals surface area contributed by atoms with Crippen LogP contribution in [0.5, 0.6) is 0 Å². The smallest absolute Gasteiger partial charge is 0.315 e. The van der Waals surface area contributed by atoms with Crippen LogP contribution in [0, 0.1) is 0 Å². The highest BCUT2D eigenvalue weighted by Gasteiger charge is 2.24. The maximum Gasteiger partial charge on any atom is 0.315 e. The molecule has 150 valence electrons. The molecular weight excluding hydrogens is 356 g/mol. The zero-order chi connectivity index (χ0) is 19.7. The Morgan fingerprint density at radius 2 is 2.29 bits per heavy atom. The van der Waals surface area contributed by atoms with Gasteiger partial charge in [-0.3, -0.25) is 0 Å². The summed E-state index contributed by atoms with van der Waals surface area (Å²) < 4.78 is 8.05. The van der Waals surface area contributed by atoms with Gasteiger partial charge in [0.05, 0.1) is 24.4 Å². The van der Waals surface area contributed by atoms with E-state index in [1.54, 1.807) is 0 Å². The molecule has 0 aliphatic carbocycles. The maximum atomic E-state index is 12.1. The van der Waals surface area contributed by atoms with Crippen LogP contribution >= 0.6 is 0 Å². The number of nitrogens with one attached hydrogen (secondary N) is 3. The van der Waals surface area contributed by atoms with E-state index in [9.17, 15) is 4.79 Å². The summed E-state index contributed by atoms with van der Waals surface area (Å²) in [7, 11) is 0. The van der Waals surface area contributed by atoms with Gasteiger partial charge in [-0.05, 0) is 39.7 Å². The van der Waals surface area contributed by atoms with Crippen molar-refractivity contribution in [1.82, 2.24) is 30.2 Å². The van der Waals surface area contributed by atoms with Gasteiger partial charge in [-0.1, -0.05) is 0 Å². The van der Waals surface area contributed by atoms with Crippen LogP contribution in [-0.2, 0) is 11.2 Å². The number of rotatable bonds is 4. The number of ether oxygens (including phenoxy) is 1. The van der Waals surface area contributed by atoms with Gasteiger partial charge in [0.15, 0.2) is 0 Å². The molecule has 0 radical (unpaired) electrons. The second-order valence-corrected chi connectivity index (χ2v) is 8.38. The summed E-state index contributed by atoms with van der Waals surface area (Å²) in [6.07, 6.45) is 6.47. The van der Waals surface area contributed by atoms with E-state index < -0.39 is 0 Å². The van der Waals surface area contributed by atoms with E-state index in [0.717, 1.165) is 47.3 Å². The van der Waals surface area contributed by atoms with Gasteiger partial charge in [0, 0.05) is 36.7 Å². The van der Waals surface area contributed by atoms with Crippen molar-refractivity contribution in [2.45, 2.75) is 51.6 Å². The molecule has 3 aromatic heterocycles. The molecule has 4 heterocycles. The maximum absolute atomic E-state index is 12.1. The average molecular weight is 384 g/mol. The van der Waals surface area contributed by atoms with E-state index in [1.807, 2.05) is 39.2 Å². The molecule has 8 nitrogen and oxygen atoms in total. The minimum atomic E-state index is -0.262. The van der Waals surface area contributed by atoms with Gasteiger partial charge < -0.3 is 24.9 Å². The van der Waals surface area contributed by atoms with Crippen molar-refractivity contribution in [2.75, 3.05) is 19.8 Å². The summed E-state index contributed by atoms with van der Waals surface area (Å²) in [6.45, 7) is 7.90. The lowest BCUT2D eigenvalue weighted by molar-refractivity contribution is 0.0596. The third-order valence-corrected chi connectivity index (χ3v) is 4.93. The van der Waals surface area contributed by atoms with Gasteiger partial charge >= 0.3 is 6.03 Å². The first kappa shape index (κ1) is 18.7. The molecule has 0 bridgehead atoms. The third-order valence-electron chi connectivity index (χ3n) is 4.93. The monoisotopic (exact) mass is 384 g/mol. The van der Waals surface area contributed by atoms with Crippen molar-refractivity contribution in [3.8, 4) is 0 Å². The van der Waals surface area contributed by atoms with Crippen LogP contribution in [-0.4, -0.2) is 50.8 Å². The first-order valence-corrected chi connectivity index (χ1v) is 9.89. The average Bonchev–Trinajstić information content (AvgIpc) is 3.24. The van der Waals surface area contributed by atoms with Crippen molar-refractivity contribution in [2.24, 2.45) is 0 Å². The van der Waals surface area contributed by atoms with Crippen LogP contribution < -0.4 is 10.6 Å². The largest absolute Gasteiger partial charge is 0.379 e. The normalized spacial score (nSPS) is 17.9. The number of carbonyl (C=O) groups excluding carboxylic acids is 1. The molecule has 8 heteroatoms. The number of fused-ring (bicyclic) bond motifs is 3. The van der Waals surface area contributed by atoms with Crippen LogP contribution in [0.15, 0.2) is 18.5 Å². The van der Waals surface area contributed by atoms with E-state index in [-0.39, 0.29) is 17.6 Å². The number of H-pyrrole nitrogens is 1. The molecule has 0 spiro atoms. The topological polar surface area (TPSA) is 96.9 Å². The second-order valence-electron chi connectivity index (χ2n) is 8.38. The minimum Gasteiger partial charge on any atom is -0.379 e. The summed E-state index contributed by atoms with van der Waals surface area (Å²) in [5.41, 5.74) is 2.57. The fraction of sp³-hybridized carbons (Fsp3) is 0.550. The molecule has 0 saturated carbocycles. The van der Waals surface area contributed by atoms with E-state index in [1.165, 1.54) is 0 Å². The van der Waals surface area contributed by atoms with Gasteiger partial charge in [-0.15, -0.1) is 0 Å². The minimum absolute atomic E-state index is 0.161. The predicted molar refractivity (Wildman–Crippen MR) is 108 cm³/mol. The number of pyridine rings is 1. The highest BCUT2D eigenvalue weighted by atomic mass is 16.5. The number of hydrogen-bond acceptors (Lipinski definition) is 4. The zero-order valence-corrected chi connectivity index (χ0v) is 16.7. The molecule has 3 N–H and O–H groups in total. The molecule has 1 fully saturated rings. The first-order chi connectivity index (χ1) is 13.4. The van der Waals surface area contributed by atoms with Gasteiger partial charge in [-0.25, -0.2) is 14.8 Å². The molecule has 4 rings (SSSR count). The summed E-state index contributed by atoms with van der Waals surface area (Å²) >= 11 is 0. The fourth-order valence-electron chi connectivity index (χ4n) is 3.81. The predicted octanol–water partition coefficient (Wildman–Crippen LogP) is 2.90. The van der Waals surface area contributed by atoms with Crippen LogP contribution in [0.25, 0.3) is 22.1 Å². The molecule has 1 saturated heterocycles. The third kappa shape index (κ3) is 3.82. The van der Waals surface area contributed by atoms with Gasteiger partial charge in [0.1, 0.15) is 17.0 Å². The number of imidazole rings is 1. The molecule has 28 heavy (non-hydrogen) atoms. The Bertz CT molecular complexity index is 978. The number of hydrogen-bond donors (Lipinski definition) is 3. The van der Waals surface area contributed by atoms with Crippen molar-refractivity contribution in [1.29, 1.82) is 0 Å². The Morgan fingerprint density at radius 3 is 3.04 bits per heavy atom. The second kappa shape index (κ2) is 7.43. The summed E-state index contributed by atoms with van der Waals surface area (Å²) in [6, 6.07) is 2.13. The Morgan fingerprint density at radius 1 is 1.43 bits per heavy atom. The summed E-state index contributed by atoms with van der Waals surface area (Å²) in [4.78, 5) is 24.6. The Hall–Kier alpha value is -2.61. The van der Waals surface area contributed by atoms with Crippen LogP contribution in [0.4, 0.5) is 4.79 Å². The van der Waals surface area contributed by atoms with E-state index in [4.69, 9.17) is 9.72 Å². The zero-order valence-electron chi connectivity index (χ0n) is 16.7. The SMILES string of the molecule is CC(C)(C)NC(=O)NCCc1nc2cnc3[nH]ccc3c2n1C1CCCOC1. The lowest BCUT2D eigenvalue weighted by atomic mass is 10.1. The highest BCUT2D eigenvalue weighted by molar-refractivity contribution is 6.01.